The highest BCUT2D eigenvalue weighted by atomic mass is 32.2. The van der Waals surface area contributed by atoms with Crippen molar-refractivity contribution in [2.45, 2.75) is 37.0 Å². The number of aliphatic hydroxyl groups excluding tert-OH is 1. The van der Waals surface area contributed by atoms with E-state index in [1.807, 2.05) is 6.08 Å². The lowest BCUT2D eigenvalue weighted by molar-refractivity contribution is -0.150. The molecule has 0 aromatic heterocycles. The van der Waals surface area contributed by atoms with E-state index in [1.165, 1.54) is 31.4 Å². The molecule has 2 aromatic carbocycles. The second kappa shape index (κ2) is 12.7. The summed E-state index contributed by atoms with van der Waals surface area (Å²) in [4.78, 5) is 12.9. The second-order valence-corrected chi connectivity index (χ2v) is 11.2. The van der Waals surface area contributed by atoms with E-state index >= 15 is 0 Å². The number of allylic oxidation sites excluding steroid dienone is 1. The molecule has 2 atom stereocenters. The molecule has 0 saturated heterocycles. The minimum Gasteiger partial charge on any atom is -0.497 e. The molecule has 0 bridgehead atoms. The van der Waals surface area contributed by atoms with Gasteiger partial charge in [0.2, 0.25) is 16.3 Å². The molecule has 1 fully saturated rings. The Kier molecular flexibility index (Phi) is 9.37. The van der Waals surface area contributed by atoms with E-state index in [-0.39, 0.29) is 55.2 Å². The molecular weight excluding hydrogens is 515 g/mol. The average molecular weight is 549 g/mol. The van der Waals surface area contributed by atoms with Crippen LogP contribution in [0, 0.1) is 17.7 Å². The van der Waals surface area contributed by atoms with E-state index in [9.17, 15) is 22.7 Å². The van der Waals surface area contributed by atoms with Crippen LogP contribution in [0.5, 0.6) is 5.75 Å². The Bertz CT molecular complexity index is 1210. The first-order valence-corrected chi connectivity index (χ1v) is 14.0. The number of methoxy groups -OCH3 is 1. The second-order valence-electron chi connectivity index (χ2n) is 9.30. The highest BCUT2D eigenvalue weighted by molar-refractivity contribution is 7.89. The monoisotopic (exact) mass is 548 g/mol. The number of amides is 1. The van der Waals surface area contributed by atoms with Crippen molar-refractivity contribution in [3.63, 3.8) is 0 Å². The summed E-state index contributed by atoms with van der Waals surface area (Å²) >= 11 is 0. The topological polar surface area (TPSA) is 114 Å². The van der Waals surface area contributed by atoms with E-state index in [1.54, 1.807) is 24.3 Å². The summed E-state index contributed by atoms with van der Waals surface area (Å²) in [6.45, 7) is -0.204. The van der Waals surface area contributed by atoms with Crippen LogP contribution in [0.2, 0.25) is 0 Å². The van der Waals surface area contributed by atoms with E-state index < -0.39 is 22.2 Å². The number of hydrogen-bond acceptors (Lipinski definition) is 7. The van der Waals surface area contributed by atoms with Crippen LogP contribution in [0.15, 0.2) is 65.3 Å². The number of nitrogens with zero attached hydrogens (tertiary/aromatic N) is 1. The number of ether oxygens (including phenoxy) is 3. The van der Waals surface area contributed by atoms with Crippen LogP contribution < -0.4 is 10.1 Å². The lowest BCUT2D eigenvalue weighted by Crippen LogP contribution is -2.38. The fourth-order valence-corrected chi connectivity index (χ4v) is 5.73. The van der Waals surface area contributed by atoms with Crippen molar-refractivity contribution in [1.82, 2.24) is 9.62 Å². The predicted molar refractivity (Wildman–Crippen MR) is 137 cm³/mol. The number of halogens is 1. The molecular formula is C27H33FN2O7S. The first-order chi connectivity index (χ1) is 18.3. The number of hydrogen-bond donors (Lipinski definition) is 2. The number of nitrogens with one attached hydrogen (secondary N) is 1. The molecule has 0 unspecified atom stereocenters. The van der Waals surface area contributed by atoms with E-state index in [4.69, 9.17) is 14.2 Å². The standard InChI is InChI=1S/C27H33FN2O7S/c1-35-23-8-10-24(11-9-23)38(33,34)30(12-14-31)13-15-36-26-17-21(20-4-5-20)16-25(37-26)27(32)29-18-19-2-6-22(28)7-3-19/h2-3,6-11,16,20-21,26,31H,4-5,12-15,17-18H2,1H3,(H,29,32)/t21-,26+/m0/s1. The van der Waals surface area contributed by atoms with Gasteiger partial charge >= 0.3 is 0 Å². The molecule has 0 spiro atoms. The van der Waals surface area contributed by atoms with Crippen molar-refractivity contribution in [2.75, 3.05) is 33.4 Å². The van der Waals surface area contributed by atoms with Crippen molar-refractivity contribution in [2.24, 2.45) is 11.8 Å². The van der Waals surface area contributed by atoms with E-state index in [0.717, 1.165) is 22.7 Å². The van der Waals surface area contributed by atoms with Crippen LogP contribution in [0.1, 0.15) is 24.8 Å². The first-order valence-electron chi connectivity index (χ1n) is 12.6. The summed E-state index contributed by atoms with van der Waals surface area (Å²) in [5.74, 6) is 0.546. The third-order valence-electron chi connectivity index (χ3n) is 6.60. The average Bonchev–Trinajstić information content (AvgIpc) is 3.78. The molecule has 38 heavy (non-hydrogen) atoms. The Hall–Kier alpha value is -2.99. The van der Waals surface area contributed by atoms with Gasteiger partial charge in [-0.15, -0.1) is 0 Å². The maximum Gasteiger partial charge on any atom is 0.286 e. The van der Waals surface area contributed by atoms with E-state index in [2.05, 4.69) is 5.32 Å². The van der Waals surface area contributed by atoms with Crippen LogP contribution in [-0.2, 0) is 30.8 Å². The lowest BCUT2D eigenvalue weighted by atomic mass is 9.96. The zero-order valence-electron chi connectivity index (χ0n) is 21.2. The molecule has 9 nitrogen and oxygen atoms in total. The highest BCUT2D eigenvalue weighted by Crippen LogP contribution is 2.42. The molecule has 0 radical (unpaired) electrons. The SMILES string of the molecule is COc1ccc(S(=O)(=O)N(CCO)CCO[C@H]2C[C@@H](C3CC3)C=C(C(=O)NCc3ccc(F)cc3)O2)cc1. The van der Waals surface area contributed by atoms with Crippen molar-refractivity contribution in [3.8, 4) is 5.75 Å². The van der Waals surface area contributed by atoms with Crippen molar-refractivity contribution < 1.29 is 36.9 Å². The third kappa shape index (κ3) is 7.31. The summed E-state index contributed by atoms with van der Waals surface area (Å²) in [5.41, 5.74) is 0.754. The smallest absolute Gasteiger partial charge is 0.286 e. The van der Waals surface area contributed by atoms with Gasteiger partial charge in [-0.3, -0.25) is 4.79 Å². The van der Waals surface area contributed by atoms with Gasteiger partial charge in [0.15, 0.2) is 5.76 Å². The van der Waals surface area contributed by atoms with Crippen LogP contribution in [0.3, 0.4) is 0 Å². The maximum atomic E-state index is 13.1. The minimum atomic E-state index is -3.87. The zero-order chi connectivity index (χ0) is 27.1. The largest absolute Gasteiger partial charge is 0.497 e. The van der Waals surface area contributed by atoms with Crippen LogP contribution in [-0.4, -0.2) is 63.4 Å². The number of carbonyl (C=O) groups excluding carboxylic acids is 1. The molecule has 11 heteroatoms. The van der Waals surface area contributed by atoms with Gasteiger partial charge in [-0.1, -0.05) is 12.1 Å². The molecule has 4 rings (SSSR count). The van der Waals surface area contributed by atoms with Gasteiger partial charge in [0.25, 0.3) is 5.91 Å². The van der Waals surface area contributed by atoms with Gasteiger partial charge in [0, 0.05) is 26.1 Å². The molecule has 1 amide bonds. The Morgan fingerprint density at radius 1 is 1.13 bits per heavy atom. The van der Waals surface area contributed by atoms with Crippen LogP contribution in [0.25, 0.3) is 0 Å². The lowest BCUT2D eigenvalue weighted by Gasteiger charge is -2.30. The molecule has 2 N–H and O–H groups in total. The number of carbonyl (C=O) groups is 1. The van der Waals surface area contributed by atoms with Gasteiger partial charge in [-0.2, -0.15) is 4.31 Å². The van der Waals surface area contributed by atoms with Gasteiger partial charge in [-0.25, -0.2) is 12.8 Å². The maximum absolute atomic E-state index is 13.1. The number of rotatable bonds is 13. The molecule has 206 valence electrons. The summed E-state index contributed by atoms with van der Waals surface area (Å²) in [7, 11) is -2.37. The third-order valence-corrected chi connectivity index (χ3v) is 8.51. The molecule has 1 aliphatic heterocycles. The summed E-state index contributed by atoms with van der Waals surface area (Å²) in [6, 6.07) is 11.9. The van der Waals surface area contributed by atoms with Gasteiger partial charge in [0.05, 0.1) is 25.2 Å². The Morgan fingerprint density at radius 3 is 2.47 bits per heavy atom. The number of sulfonamides is 1. The Balaban J connectivity index is 1.35. The molecule has 1 heterocycles. The Labute approximate surface area is 222 Å². The molecule has 1 aliphatic carbocycles. The van der Waals surface area contributed by atoms with Gasteiger partial charge in [0.1, 0.15) is 11.6 Å². The zero-order valence-corrected chi connectivity index (χ0v) is 22.0. The first kappa shape index (κ1) is 28.0. The summed E-state index contributed by atoms with van der Waals surface area (Å²) < 4.78 is 57.3. The van der Waals surface area contributed by atoms with Crippen LogP contribution in [0.4, 0.5) is 4.39 Å². The normalized spacial score (nSPS) is 19.5. The molecule has 2 aliphatic rings. The van der Waals surface area contributed by atoms with Crippen molar-refractivity contribution in [3.05, 3.63) is 71.7 Å². The fraction of sp³-hybridized carbons (Fsp3) is 0.444. The molecule has 1 saturated carbocycles. The van der Waals surface area contributed by atoms with Crippen LogP contribution >= 0.6 is 0 Å². The highest BCUT2D eigenvalue weighted by Gasteiger charge is 2.37. The van der Waals surface area contributed by atoms with Gasteiger partial charge < -0.3 is 24.6 Å². The fourth-order valence-electron chi connectivity index (χ4n) is 4.32. The number of benzene rings is 2. The van der Waals surface area contributed by atoms with Gasteiger partial charge in [-0.05, 0) is 72.7 Å². The summed E-state index contributed by atoms with van der Waals surface area (Å²) in [6.07, 6.45) is 3.83. The van der Waals surface area contributed by atoms with Crippen molar-refractivity contribution >= 4 is 15.9 Å². The van der Waals surface area contributed by atoms with Crippen molar-refractivity contribution in [1.29, 1.82) is 0 Å². The van der Waals surface area contributed by atoms with E-state index in [0.29, 0.717) is 18.1 Å². The summed E-state index contributed by atoms with van der Waals surface area (Å²) in [5, 5.41) is 12.3. The number of aliphatic hydroxyl groups is 1. The quantitative estimate of drug-likeness (QED) is 0.396. The Morgan fingerprint density at radius 2 is 1.84 bits per heavy atom. The molecule has 2 aromatic rings. The minimum absolute atomic E-state index is 0.00130. The predicted octanol–water partition coefficient (Wildman–Crippen LogP) is 2.81.